The Bertz CT molecular complexity index is 1340. The molecule has 0 spiro atoms. The Morgan fingerprint density at radius 1 is 1.00 bits per heavy atom. The first-order valence-electron chi connectivity index (χ1n) is 12.0. The summed E-state index contributed by atoms with van der Waals surface area (Å²) in [5.41, 5.74) is 1.28. The zero-order valence-corrected chi connectivity index (χ0v) is 20.8. The number of para-hydroxylation sites is 1. The Morgan fingerprint density at radius 2 is 1.67 bits per heavy atom. The van der Waals surface area contributed by atoms with Crippen molar-refractivity contribution in [2.45, 2.75) is 32.2 Å². The number of hydrogen-bond donors (Lipinski definition) is 0. The van der Waals surface area contributed by atoms with Crippen molar-refractivity contribution in [1.29, 1.82) is 0 Å². The number of hydrogen-bond acceptors (Lipinski definition) is 6. The molecule has 0 atom stereocenters. The fraction of sp³-hybridized carbons (Fsp3) is 0.440. The number of thiophene rings is 1. The minimum absolute atomic E-state index is 0.0378. The van der Waals surface area contributed by atoms with Crippen molar-refractivity contribution in [3.8, 4) is 0 Å². The molecule has 2 aromatic heterocycles. The third kappa shape index (κ3) is 4.71. The molecule has 8 nitrogen and oxygen atoms in total. The molecule has 11 heteroatoms. The quantitative estimate of drug-likeness (QED) is 0.534. The van der Waals surface area contributed by atoms with Gasteiger partial charge in [-0.05, 0) is 24.6 Å². The van der Waals surface area contributed by atoms with Crippen molar-refractivity contribution in [3.05, 3.63) is 57.5 Å². The fourth-order valence-corrected chi connectivity index (χ4v) is 5.86. The summed E-state index contributed by atoms with van der Waals surface area (Å²) in [7, 11) is 0. The predicted molar refractivity (Wildman–Crippen MR) is 134 cm³/mol. The van der Waals surface area contributed by atoms with Crippen LogP contribution in [0.1, 0.15) is 28.1 Å². The van der Waals surface area contributed by atoms with Gasteiger partial charge in [-0.15, -0.1) is 11.3 Å². The molecule has 190 valence electrons. The average Bonchev–Trinajstić information content (AvgIpc) is 3.22. The molecular weight excluding hydrogens is 488 g/mol. The van der Waals surface area contributed by atoms with E-state index in [0.717, 1.165) is 18.8 Å². The highest BCUT2D eigenvalue weighted by Gasteiger charge is 2.35. The van der Waals surface area contributed by atoms with Crippen molar-refractivity contribution in [1.82, 2.24) is 19.4 Å². The molecule has 2 amide bonds. The first-order valence-corrected chi connectivity index (χ1v) is 12.8. The highest BCUT2D eigenvalue weighted by Crippen LogP contribution is 2.29. The van der Waals surface area contributed by atoms with Crippen molar-refractivity contribution >= 4 is 39.1 Å². The number of anilines is 1. The van der Waals surface area contributed by atoms with E-state index in [1.165, 1.54) is 27.1 Å². The fourth-order valence-electron chi connectivity index (χ4n) is 4.75. The molecule has 0 N–H and O–H groups in total. The molecule has 0 unspecified atom stereocenters. The molecular formula is C25H27F2N5O3S. The normalized spacial score (nSPS) is 18.0. The van der Waals surface area contributed by atoms with Crippen LogP contribution in [-0.4, -0.2) is 76.4 Å². The van der Waals surface area contributed by atoms with Gasteiger partial charge in [0.15, 0.2) is 0 Å². The Labute approximate surface area is 210 Å². The maximum atomic E-state index is 13.4. The van der Waals surface area contributed by atoms with E-state index in [4.69, 9.17) is 0 Å². The maximum absolute atomic E-state index is 13.4. The van der Waals surface area contributed by atoms with E-state index in [1.807, 2.05) is 18.2 Å². The van der Waals surface area contributed by atoms with E-state index in [1.54, 1.807) is 11.8 Å². The van der Waals surface area contributed by atoms with Gasteiger partial charge >= 0.3 is 0 Å². The average molecular weight is 516 g/mol. The zero-order valence-electron chi connectivity index (χ0n) is 20.0. The first-order chi connectivity index (χ1) is 17.2. The second kappa shape index (κ2) is 9.61. The summed E-state index contributed by atoms with van der Waals surface area (Å²) in [6.45, 7) is 3.96. The number of aryl methyl sites for hydroxylation is 1. The van der Waals surface area contributed by atoms with Crippen molar-refractivity contribution < 1.29 is 18.4 Å². The lowest BCUT2D eigenvalue weighted by molar-refractivity contribution is -0.137. The molecule has 5 rings (SSSR count). The number of rotatable bonds is 4. The molecule has 0 radical (unpaired) electrons. The number of likely N-dealkylation sites (tertiary alicyclic amines) is 1. The standard InChI is InChI=1S/C25H27F2N5O3S/c1-17-20-22(28-16-32(23(20)34)15-19(33)30-9-7-25(26,27)8-10-30)36-21(17)24(35)31-13-11-29(12-14-31)18-5-3-2-4-6-18/h2-6,16H,7-15H2,1H3. The molecule has 3 aromatic rings. The van der Waals surface area contributed by atoms with Gasteiger partial charge in [0.1, 0.15) is 11.4 Å². The number of amides is 2. The zero-order chi connectivity index (χ0) is 25.4. The summed E-state index contributed by atoms with van der Waals surface area (Å²) in [6, 6.07) is 10.1. The van der Waals surface area contributed by atoms with Gasteiger partial charge in [-0.1, -0.05) is 18.2 Å². The van der Waals surface area contributed by atoms with Crippen LogP contribution in [0.3, 0.4) is 0 Å². The van der Waals surface area contributed by atoms with E-state index in [0.29, 0.717) is 33.7 Å². The molecule has 2 aliphatic rings. The number of benzene rings is 1. The molecule has 2 fully saturated rings. The Balaban J connectivity index is 1.30. The van der Waals surface area contributed by atoms with Crippen LogP contribution >= 0.6 is 11.3 Å². The number of alkyl halides is 2. The molecule has 0 saturated carbocycles. The number of piperazine rings is 1. The van der Waals surface area contributed by atoms with Crippen LogP contribution in [0.4, 0.5) is 14.5 Å². The first kappa shape index (κ1) is 24.4. The van der Waals surface area contributed by atoms with Crippen LogP contribution in [0, 0.1) is 6.92 Å². The summed E-state index contributed by atoms with van der Waals surface area (Å²) < 4.78 is 28.0. The minimum atomic E-state index is -2.75. The Kier molecular flexibility index (Phi) is 6.50. The number of halogens is 2. The summed E-state index contributed by atoms with van der Waals surface area (Å²) in [4.78, 5) is 49.8. The molecule has 36 heavy (non-hydrogen) atoms. The predicted octanol–water partition coefficient (Wildman–Crippen LogP) is 2.99. The summed E-state index contributed by atoms with van der Waals surface area (Å²) in [6.07, 6.45) is 0.545. The monoisotopic (exact) mass is 515 g/mol. The number of carbonyl (C=O) groups excluding carboxylic acids is 2. The minimum Gasteiger partial charge on any atom is -0.368 e. The van der Waals surface area contributed by atoms with Crippen LogP contribution in [-0.2, 0) is 11.3 Å². The topological polar surface area (TPSA) is 78.8 Å². The van der Waals surface area contributed by atoms with Gasteiger partial charge in [0.25, 0.3) is 17.4 Å². The summed E-state index contributed by atoms with van der Waals surface area (Å²) in [5, 5.41) is 0.326. The number of fused-ring (bicyclic) bond motifs is 1. The van der Waals surface area contributed by atoms with Gasteiger partial charge in [0.05, 0.1) is 16.6 Å². The summed E-state index contributed by atoms with van der Waals surface area (Å²) >= 11 is 1.18. The summed E-state index contributed by atoms with van der Waals surface area (Å²) in [5.74, 6) is -3.27. The van der Waals surface area contributed by atoms with Crippen LogP contribution in [0.2, 0.25) is 0 Å². The lowest BCUT2D eigenvalue weighted by atomic mass is 10.1. The van der Waals surface area contributed by atoms with Crippen LogP contribution < -0.4 is 10.5 Å². The SMILES string of the molecule is Cc1c(C(=O)N2CCN(c3ccccc3)CC2)sc2ncn(CC(=O)N3CCC(F)(F)CC3)c(=O)c12. The van der Waals surface area contributed by atoms with Gasteiger partial charge < -0.3 is 14.7 Å². The van der Waals surface area contributed by atoms with Crippen LogP contribution in [0.15, 0.2) is 41.5 Å². The molecule has 0 aliphatic carbocycles. The van der Waals surface area contributed by atoms with E-state index in [-0.39, 0.29) is 38.4 Å². The van der Waals surface area contributed by atoms with Crippen molar-refractivity contribution in [2.24, 2.45) is 0 Å². The smallest absolute Gasteiger partial charge is 0.264 e. The number of carbonyl (C=O) groups is 2. The number of aromatic nitrogens is 2. The third-order valence-corrected chi connectivity index (χ3v) is 8.14. The molecule has 2 saturated heterocycles. The second-order valence-corrected chi connectivity index (χ2v) is 10.3. The highest BCUT2D eigenvalue weighted by atomic mass is 32.1. The number of piperidine rings is 1. The molecule has 2 aliphatic heterocycles. The maximum Gasteiger partial charge on any atom is 0.264 e. The van der Waals surface area contributed by atoms with Gasteiger partial charge in [-0.25, -0.2) is 13.8 Å². The number of nitrogens with zero attached hydrogens (tertiary/aromatic N) is 5. The Morgan fingerprint density at radius 3 is 2.33 bits per heavy atom. The van der Waals surface area contributed by atoms with Crippen molar-refractivity contribution in [3.63, 3.8) is 0 Å². The lowest BCUT2D eigenvalue weighted by Gasteiger charge is -2.36. The van der Waals surface area contributed by atoms with Gasteiger partial charge in [0, 0.05) is 57.8 Å². The highest BCUT2D eigenvalue weighted by molar-refractivity contribution is 7.20. The van der Waals surface area contributed by atoms with Crippen LogP contribution in [0.25, 0.3) is 10.2 Å². The molecule has 0 bridgehead atoms. The lowest BCUT2D eigenvalue weighted by Crippen LogP contribution is -2.48. The van der Waals surface area contributed by atoms with E-state index < -0.39 is 17.4 Å². The largest absolute Gasteiger partial charge is 0.368 e. The van der Waals surface area contributed by atoms with Crippen molar-refractivity contribution in [2.75, 3.05) is 44.2 Å². The molecule has 4 heterocycles. The van der Waals surface area contributed by atoms with Gasteiger partial charge in [0.2, 0.25) is 5.91 Å². The second-order valence-electron chi connectivity index (χ2n) is 9.27. The van der Waals surface area contributed by atoms with E-state index >= 15 is 0 Å². The van der Waals surface area contributed by atoms with Gasteiger partial charge in [-0.2, -0.15) is 0 Å². The molecule has 1 aromatic carbocycles. The van der Waals surface area contributed by atoms with Crippen LogP contribution in [0.5, 0.6) is 0 Å². The van der Waals surface area contributed by atoms with Gasteiger partial charge in [-0.3, -0.25) is 19.0 Å². The third-order valence-electron chi connectivity index (χ3n) is 6.95. The van der Waals surface area contributed by atoms with E-state index in [2.05, 4.69) is 22.0 Å². The Hall–Kier alpha value is -3.34. The van der Waals surface area contributed by atoms with E-state index in [9.17, 15) is 23.2 Å².